The summed E-state index contributed by atoms with van der Waals surface area (Å²) < 4.78 is 0. The molecule has 3 rings (SSSR count). The lowest BCUT2D eigenvalue weighted by Crippen LogP contribution is -2.51. The number of hydrogen-bond donors (Lipinski definition) is 1. The van der Waals surface area contributed by atoms with Gasteiger partial charge in [-0.25, -0.2) is 0 Å². The lowest BCUT2D eigenvalue weighted by molar-refractivity contribution is 0.120. The fourth-order valence-electron chi connectivity index (χ4n) is 3.11. The summed E-state index contributed by atoms with van der Waals surface area (Å²) in [4.78, 5) is 4.18. The molecule has 1 N–H and O–H groups in total. The summed E-state index contributed by atoms with van der Waals surface area (Å²) in [5.74, 6) is 0. The molecule has 3 heteroatoms. The van der Waals surface area contributed by atoms with Gasteiger partial charge in [0, 0.05) is 36.6 Å². The third kappa shape index (κ3) is 3.37. The van der Waals surface area contributed by atoms with Crippen molar-refractivity contribution in [3.05, 3.63) is 57.8 Å². The van der Waals surface area contributed by atoms with E-state index in [-0.39, 0.29) is 0 Å². The molecule has 2 nitrogen and oxygen atoms in total. The zero-order valence-electron chi connectivity index (χ0n) is 12.9. The second-order valence-electron chi connectivity index (χ2n) is 5.89. The molecule has 1 aromatic heterocycles. The first kappa shape index (κ1) is 14.8. The summed E-state index contributed by atoms with van der Waals surface area (Å²) in [6, 6.07) is 14.2. The number of hydrogen-bond acceptors (Lipinski definition) is 3. The Balaban J connectivity index is 1.74. The number of piperazine rings is 1. The predicted molar refractivity (Wildman–Crippen MR) is 90.7 cm³/mol. The Kier molecular flexibility index (Phi) is 4.73. The van der Waals surface area contributed by atoms with Gasteiger partial charge in [-0.05, 0) is 35.9 Å². The molecule has 2 heterocycles. The van der Waals surface area contributed by atoms with Crippen LogP contribution in [-0.4, -0.2) is 24.0 Å². The van der Waals surface area contributed by atoms with E-state index < -0.39 is 0 Å². The monoisotopic (exact) mass is 300 g/mol. The van der Waals surface area contributed by atoms with E-state index in [9.17, 15) is 0 Å². The number of benzene rings is 1. The van der Waals surface area contributed by atoms with Gasteiger partial charge in [0.15, 0.2) is 0 Å². The van der Waals surface area contributed by atoms with Gasteiger partial charge < -0.3 is 5.32 Å². The zero-order chi connectivity index (χ0) is 14.7. The Bertz CT molecular complexity index is 564. The van der Waals surface area contributed by atoms with E-state index in [1.165, 1.54) is 22.4 Å². The Morgan fingerprint density at radius 1 is 1.24 bits per heavy atom. The quantitative estimate of drug-likeness (QED) is 0.918. The van der Waals surface area contributed by atoms with Crippen LogP contribution >= 0.6 is 11.3 Å². The highest BCUT2D eigenvalue weighted by molar-refractivity contribution is 7.10. The molecule has 1 aromatic carbocycles. The minimum Gasteiger partial charge on any atom is -0.307 e. The highest BCUT2D eigenvalue weighted by Crippen LogP contribution is 2.25. The van der Waals surface area contributed by atoms with Crippen molar-refractivity contribution in [3.63, 3.8) is 0 Å². The number of nitrogens with one attached hydrogen (secondary N) is 1. The van der Waals surface area contributed by atoms with Crippen LogP contribution in [0, 0.1) is 6.92 Å². The SMILES string of the molecule is CCC1CNC(c2ccccc2)CN1Cc1sccc1C. The molecular weight excluding hydrogens is 276 g/mol. The molecule has 112 valence electrons. The summed E-state index contributed by atoms with van der Waals surface area (Å²) >= 11 is 1.89. The average Bonchev–Trinajstić information content (AvgIpc) is 2.93. The second kappa shape index (κ2) is 6.73. The fraction of sp³-hybridized carbons (Fsp3) is 0.444. The van der Waals surface area contributed by atoms with E-state index in [2.05, 4.69) is 65.8 Å². The molecule has 1 fully saturated rings. The topological polar surface area (TPSA) is 15.3 Å². The second-order valence-corrected chi connectivity index (χ2v) is 6.89. The van der Waals surface area contributed by atoms with Crippen LogP contribution in [0.5, 0.6) is 0 Å². The standard InChI is InChI=1S/C18H24N2S/c1-3-16-11-19-17(15-7-5-4-6-8-15)12-20(16)13-18-14(2)9-10-21-18/h4-10,16-17,19H,3,11-13H2,1-2H3. The number of rotatable bonds is 4. The normalized spacial score (nSPS) is 23.3. The van der Waals surface area contributed by atoms with Crippen LogP contribution in [0.4, 0.5) is 0 Å². The van der Waals surface area contributed by atoms with Crippen LogP contribution in [-0.2, 0) is 6.54 Å². The van der Waals surface area contributed by atoms with Crippen molar-refractivity contribution in [1.29, 1.82) is 0 Å². The summed E-state index contributed by atoms with van der Waals surface area (Å²) in [5, 5.41) is 5.93. The molecule has 0 spiro atoms. The molecule has 0 bridgehead atoms. The van der Waals surface area contributed by atoms with Gasteiger partial charge >= 0.3 is 0 Å². The van der Waals surface area contributed by atoms with Crippen molar-refractivity contribution in [3.8, 4) is 0 Å². The van der Waals surface area contributed by atoms with Crippen molar-refractivity contribution in [2.45, 2.75) is 38.9 Å². The molecule has 0 amide bonds. The Morgan fingerprint density at radius 2 is 2.05 bits per heavy atom. The maximum atomic E-state index is 3.72. The minimum absolute atomic E-state index is 0.453. The van der Waals surface area contributed by atoms with Crippen LogP contribution in [0.15, 0.2) is 41.8 Å². The molecule has 1 saturated heterocycles. The van der Waals surface area contributed by atoms with E-state index in [1.54, 1.807) is 0 Å². The number of thiophene rings is 1. The molecule has 1 aliphatic rings. The van der Waals surface area contributed by atoms with Gasteiger partial charge in [-0.15, -0.1) is 11.3 Å². The predicted octanol–water partition coefficient (Wildman–Crippen LogP) is 3.98. The van der Waals surface area contributed by atoms with Crippen molar-refractivity contribution >= 4 is 11.3 Å². The van der Waals surface area contributed by atoms with Crippen molar-refractivity contribution in [2.75, 3.05) is 13.1 Å². The summed E-state index contributed by atoms with van der Waals surface area (Å²) in [5.41, 5.74) is 2.84. The van der Waals surface area contributed by atoms with Crippen LogP contribution in [0.25, 0.3) is 0 Å². The van der Waals surface area contributed by atoms with E-state index in [0.717, 1.165) is 19.6 Å². The Labute approximate surface area is 131 Å². The molecule has 0 saturated carbocycles. The average molecular weight is 300 g/mol. The largest absolute Gasteiger partial charge is 0.307 e. The van der Waals surface area contributed by atoms with E-state index >= 15 is 0 Å². The molecule has 0 aliphatic carbocycles. The van der Waals surface area contributed by atoms with Gasteiger partial charge in [0.1, 0.15) is 0 Å². The zero-order valence-corrected chi connectivity index (χ0v) is 13.7. The fourth-order valence-corrected chi connectivity index (χ4v) is 4.04. The van der Waals surface area contributed by atoms with Crippen molar-refractivity contribution < 1.29 is 0 Å². The Hall–Kier alpha value is -1.16. The van der Waals surface area contributed by atoms with Gasteiger partial charge in [0.25, 0.3) is 0 Å². The van der Waals surface area contributed by atoms with Crippen LogP contribution in [0.2, 0.25) is 0 Å². The molecule has 0 radical (unpaired) electrons. The first-order valence-electron chi connectivity index (χ1n) is 7.83. The lowest BCUT2D eigenvalue weighted by Gasteiger charge is -2.40. The highest BCUT2D eigenvalue weighted by Gasteiger charge is 2.27. The van der Waals surface area contributed by atoms with Crippen molar-refractivity contribution in [1.82, 2.24) is 10.2 Å². The van der Waals surface area contributed by atoms with E-state index in [4.69, 9.17) is 0 Å². The Morgan fingerprint density at radius 3 is 2.71 bits per heavy atom. The van der Waals surface area contributed by atoms with Crippen LogP contribution < -0.4 is 5.32 Å². The maximum Gasteiger partial charge on any atom is 0.0450 e. The molecule has 2 atom stereocenters. The number of nitrogens with zero attached hydrogens (tertiary/aromatic N) is 1. The van der Waals surface area contributed by atoms with Gasteiger partial charge in [-0.1, -0.05) is 37.3 Å². The summed E-state index contributed by atoms with van der Waals surface area (Å²) in [6.07, 6.45) is 1.21. The molecular formula is C18H24N2S. The highest BCUT2D eigenvalue weighted by atomic mass is 32.1. The molecule has 2 unspecified atom stereocenters. The summed E-state index contributed by atoms with van der Waals surface area (Å²) in [6.45, 7) is 7.79. The van der Waals surface area contributed by atoms with Crippen LogP contribution in [0.3, 0.4) is 0 Å². The van der Waals surface area contributed by atoms with E-state index in [0.29, 0.717) is 12.1 Å². The minimum atomic E-state index is 0.453. The van der Waals surface area contributed by atoms with Gasteiger partial charge in [0.05, 0.1) is 0 Å². The third-order valence-electron chi connectivity index (χ3n) is 4.52. The van der Waals surface area contributed by atoms with Gasteiger partial charge in [0.2, 0.25) is 0 Å². The van der Waals surface area contributed by atoms with Gasteiger partial charge in [-0.3, -0.25) is 4.90 Å². The van der Waals surface area contributed by atoms with Crippen LogP contribution in [0.1, 0.15) is 35.4 Å². The van der Waals surface area contributed by atoms with Gasteiger partial charge in [-0.2, -0.15) is 0 Å². The molecule has 21 heavy (non-hydrogen) atoms. The smallest absolute Gasteiger partial charge is 0.0450 e. The lowest BCUT2D eigenvalue weighted by atomic mass is 10.0. The maximum absolute atomic E-state index is 3.72. The third-order valence-corrected chi connectivity index (χ3v) is 5.53. The first-order chi connectivity index (χ1) is 10.3. The molecule has 2 aromatic rings. The first-order valence-corrected chi connectivity index (χ1v) is 8.71. The number of aryl methyl sites for hydroxylation is 1. The van der Waals surface area contributed by atoms with Crippen molar-refractivity contribution in [2.24, 2.45) is 0 Å². The molecule has 1 aliphatic heterocycles. The summed E-state index contributed by atoms with van der Waals surface area (Å²) in [7, 11) is 0. The van der Waals surface area contributed by atoms with E-state index in [1.807, 2.05) is 11.3 Å².